The molecular weight excluding hydrogens is 627 g/mol. The van der Waals surface area contributed by atoms with Gasteiger partial charge in [-0.25, -0.2) is 4.79 Å². The van der Waals surface area contributed by atoms with Gasteiger partial charge >= 0.3 is 18.2 Å². The second-order valence-electron chi connectivity index (χ2n) is 12.0. The van der Waals surface area contributed by atoms with E-state index in [0.717, 1.165) is 44.5 Å². The number of piperidine rings is 1. The van der Waals surface area contributed by atoms with E-state index >= 15 is 0 Å². The molecule has 0 saturated carbocycles. The van der Waals surface area contributed by atoms with Crippen LogP contribution in [0.2, 0.25) is 0 Å². The van der Waals surface area contributed by atoms with Crippen molar-refractivity contribution in [2.45, 2.75) is 51.4 Å². The molecule has 0 unspecified atom stereocenters. The summed E-state index contributed by atoms with van der Waals surface area (Å²) in [6, 6.07) is 22.0. The number of hydrogen-bond donors (Lipinski definition) is 2. The van der Waals surface area contributed by atoms with E-state index in [1.165, 1.54) is 31.5 Å². The van der Waals surface area contributed by atoms with E-state index in [4.69, 9.17) is 14.2 Å². The van der Waals surface area contributed by atoms with Crippen molar-refractivity contribution in [1.82, 2.24) is 15.0 Å². The fourth-order valence-corrected chi connectivity index (χ4v) is 5.14. The monoisotopic (exact) mass is 665 g/mol. The van der Waals surface area contributed by atoms with Crippen molar-refractivity contribution in [3.05, 3.63) is 95.6 Å². The third-order valence-electron chi connectivity index (χ3n) is 7.89. The summed E-state index contributed by atoms with van der Waals surface area (Å²) in [6.45, 7) is 4.93. The third kappa shape index (κ3) is 9.72. The Balaban J connectivity index is 1.21. The molecule has 2 heterocycles. The van der Waals surface area contributed by atoms with Gasteiger partial charge in [0.2, 0.25) is 11.9 Å². The van der Waals surface area contributed by atoms with E-state index in [0.29, 0.717) is 28.9 Å². The Morgan fingerprint density at radius 3 is 2.15 bits per heavy atom. The number of ether oxygens (including phenoxy) is 3. The normalized spacial score (nSPS) is 14.0. The summed E-state index contributed by atoms with van der Waals surface area (Å²) in [7, 11) is 0. The number of carboxylic acid groups (broad SMARTS) is 1. The molecule has 48 heavy (non-hydrogen) atoms. The lowest BCUT2D eigenvalue weighted by molar-refractivity contribution is -0.152. The molecule has 4 aromatic rings. The van der Waals surface area contributed by atoms with Crippen molar-refractivity contribution in [2.75, 3.05) is 36.5 Å². The fraction of sp³-hybridized carbons (Fsp3) is 0.371. The summed E-state index contributed by atoms with van der Waals surface area (Å²) in [4.78, 5) is 27.0. The van der Waals surface area contributed by atoms with Crippen molar-refractivity contribution >= 4 is 17.9 Å². The van der Waals surface area contributed by atoms with Gasteiger partial charge in [-0.15, -0.1) is 0 Å². The molecule has 0 amide bonds. The lowest BCUT2D eigenvalue weighted by Gasteiger charge is -2.32. The Hall–Kier alpha value is -5.07. The van der Waals surface area contributed by atoms with Crippen LogP contribution in [0.1, 0.15) is 43.4 Å². The van der Waals surface area contributed by atoms with Crippen molar-refractivity contribution in [3.63, 3.8) is 0 Å². The van der Waals surface area contributed by atoms with E-state index in [2.05, 4.69) is 49.4 Å². The zero-order valence-corrected chi connectivity index (χ0v) is 26.7. The molecule has 2 N–H and O–H groups in total. The van der Waals surface area contributed by atoms with Crippen molar-refractivity contribution < 1.29 is 37.3 Å². The van der Waals surface area contributed by atoms with Crippen LogP contribution in [-0.4, -0.2) is 57.9 Å². The predicted molar refractivity (Wildman–Crippen MR) is 173 cm³/mol. The number of halogens is 3. The highest BCUT2D eigenvalue weighted by Gasteiger charge is 2.30. The molecule has 1 aliphatic heterocycles. The van der Waals surface area contributed by atoms with Gasteiger partial charge in [0, 0.05) is 19.6 Å². The van der Waals surface area contributed by atoms with E-state index < -0.39 is 23.3 Å². The molecule has 5 rings (SSSR count). The number of aromatic nitrogens is 3. The second-order valence-corrected chi connectivity index (χ2v) is 12.0. The summed E-state index contributed by atoms with van der Waals surface area (Å²) in [5, 5.41) is 12.4. The smallest absolute Gasteiger partial charge is 0.416 e. The molecule has 1 saturated heterocycles. The standard InChI is InChI=1S/C35H38F3N5O5/c1-34(2,30(44)45)48-29-14-12-28(13-15-29)46-20-21-47-33-41-31(39-23-26-8-10-27(11-9-26)35(36,37)38)40-32(42-33)43-18-16-25(17-19-43)22-24-6-4-3-5-7-24/h3-15,25H,16-23H2,1-2H3,(H,44,45)(H,39,40,41,42). The molecule has 0 atom stereocenters. The van der Waals surface area contributed by atoms with Gasteiger partial charge in [-0.1, -0.05) is 42.5 Å². The Bertz CT molecular complexity index is 1630. The topological polar surface area (TPSA) is 119 Å². The van der Waals surface area contributed by atoms with E-state index in [1.54, 1.807) is 24.3 Å². The van der Waals surface area contributed by atoms with E-state index in [9.17, 15) is 23.1 Å². The molecular formula is C35H38F3N5O5. The van der Waals surface area contributed by atoms with Crippen molar-refractivity contribution in [3.8, 4) is 17.5 Å². The molecule has 1 aliphatic rings. The van der Waals surface area contributed by atoms with Crippen LogP contribution in [0.5, 0.6) is 17.5 Å². The summed E-state index contributed by atoms with van der Waals surface area (Å²) < 4.78 is 56.1. The summed E-state index contributed by atoms with van der Waals surface area (Å²) in [5.41, 5.74) is -0.141. The highest BCUT2D eigenvalue weighted by Crippen LogP contribution is 2.30. The minimum atomic E-state index is -4.41. The molecule has 0 radical (unpaired) electrons. The van der Waals surface area contributed by atoms with Crippen molar-refractivity contribution in [1.29, 1.82) is 0 Å². The highest BCUT2D eigenvalue weighted by molar-refractivity contribution is 5.76. The second kappa shape index (κ2) is 15.2. The minimum absolute atomic E-state index is 0.0876. The number of rotatable bonds is 14. The average molecular weight is 666 g/mol. The molecule has 0 spiro atoms. The van der Waals surface area contributed by atoms with Crippen LogP contribution < -0.4 is 24.4 Å². The van der Waals surface area contributed by atoms with Gasteiger partial charge in [0.15, 0.2) is 5.60 Å². The summed E-state index contributed by atoms with van der Waals surface area (Å²) in [5.74, 6) is 1.08. The maximum absolute atomic E-state index is 13.0. The molecule has 13 heteroatoms. The first kappa shape index (κ1) is 34.3. The molecule has 1 aromatic heterocycles. The fourth-order valence-electron chi connectivity index (χ4n) is 5.14. The maximum Gasteiger partial charge on any atom is 0.416 e. The number of benzene rings is 3. The van der Waals surface area contributed by atoms with Gasteiger partial charge in [0.05, 0.1) is 5.56 Å². The molecule has 0 bridgehead atoms. The molecule has 10 nitrogen and oxygen atoms in total. The Labute approximate surface area is 276 Å². The average Bonchev–Trinajstić information content (AvgIpc) is 3.07. The lowest BCUT2D eigenvalue weighted by Crippen LogP contribution is -2.37. The number of hydrogen-bond acceptors (Lipinski definition) is 9. The predicted octanol–water partition coefficient (Wildman–Crippen LogP) is 6.66. The lowest BCUT2D eigenvalue weighted by atomic mass is 9.90. The molecule has 0 aliphatic carbocycles. The number of alkyl halides is 3. The number of nitrogens with one attached hydrogen (secondary N) is 1. The van der Waals surface area contributed by atoms with Crippen LogP contribution in [0.4, 0.5) is 25.1 Å². The van der Waals surface area contributed by atoms with Crippen LogP contribution in [0.25, 0.3) is 0 Å². The van der Waals surface area contributed by atoms with Crippen LogP contribution in [0.3, 0.4) is 0 Å². The van der Waals surface area contributed by atoms with Crippen LogP contribution in [0.15, 0.2) is 78.9 Å². The van der Waals surface area contributed by atoms with Gasteiger partial charge in [-0.2, -0.15) is 28.1 Å². The van der Waals surface area contributed by atoms with Gasteiger partial charge < -0.3 is 29.5 Å². The first-order chi connectivity index (χ1) is 22.9. The molecule has 3 aromatic carbocycles. The maximum atomic E-state index is 13.0. The minimum Gasteiger partial charge on any atom is -0.490 e. The van der Waals surface area contributed by atoms with E-state index in [-0.39, 0.29) is 31.7 Å². The first-order valence-electron chi connectivity index (χ1n) is 15.7. The first-order valence-corrected chi connectivity index (χ1v) is 15.7. The third-order valence-corrected chi connectivity index (χ3v) is 7.89. The van der Waals surface area contributed by atoms with E-state index in [1.807, 2.05) is 6.07 Å². The van der Waals surface area contributed by atoms with Crippen LogP contribution in [-0.2, 0) is 23.9 Å². The van der Waals surface area contributed by atoms with Gasteiger partial charge in [0.1, 0.15) is 24.7 Å². The van der Waals surface area contributed by atoms with Crippen LogP contribution >= 0.6 is 0 Å². The molecule has 1 fully saturated rings. The summed E-state index contributed by atoms with van der Waals surface area (Å²) >= 11 is 0. The molecule has 254 valence electrons. The SMILES string of the molecule is CC(C)(Oc1ccc(OCCOc2nc(NCc3ccc(C(F)(F)F)cc3)nc(N3CCC(Cc4ccccc4)CC3)n2)cc1)C(=O)O. The number of carboxylic acids is 1. The Morgan fingerprint density at radius 2 is 1.50 bits per heavy atom. The Kier molecular flexibility index (Phi) is 10.9. The number of carbonyl (C=O) groups is 1. The largest absolute Gasteiger partial charge is 0.490 e. The van der Waals surface area contributed by atoms with Gasteiger partial charge in [-0.05, 0) is 86.6 Å². The zero-order valence-electron chi connectivity index (χ0n) is 26.7. The zero-order chi connectivity index (χ0) is 34.1. The number of anilines is 2. The van der Waals surface area contributed by atoms with Gasteiger partial charge in [-0.3, -0.25) is 0 Å². The summed E-state index contributed by atoms with van der Waals surface area (Å²) in [6.07, 6.45) is -1.46. The van der Waals surface area contributed by atoms with Crippen molar-refractivity contribution in [2.24, 2.45) is 5.92 Å². The Morgan fingerprint density at radius 1 is 0.854 bits per heavy atom. The van der Waals surface area contributed by atoms with Crippen LogP contribution in [0, 0.1) is 5.92 Å². The highest BCUT2D eigenvalue weighted by atomic mass is 19.4. The number of aliphatic carboxylic acids is 1. The number of nitrogens with zero attached hydrogens (tertiary/aromatic N) is 4. The quantitative estimate of drug-likeness (QED) is 0.142. The van der Waals surface area contributed by atoms with Gasteiger partial charge in [0.25, 0.3) is 0 Å².